The molecule has 0 aliphatic heterocycles. The Kier molecular flexibility index (Phi) is 5.65. The lowest BCUT2D eigenvalue weighted by atomic mass is 10.2. The fourth-order valence-electron chi connectivity index (χ4n) is 1.13. The van der Waals surface area contributed by atoms with Crippen LogP contribution in [0.15, 0.2) is 30.3 Å². The van der Waals surface area contributed by atoms with Crippen LogP contribution in [0.4, 0.5) is 13.2 Å². The molecular weight excluding hydrogens is 381 g/mol. The summed E-state index contributed by atoms with van der Waals surface area (Å²) < 4.78 is 41.4. The normalized spacial score (nSPS) is 14.9. The molecule has 1 aromatic rings. The van der Waals surface area contributed by atoms with Crippen LogP contribution in [0.1, 0.15) is 6.42 Å². The van der Waals surface area contributed by atoms with Crippen molar-refractivity contribution < 1.29 is 22.7 Å². The molecule has 7 heteroatoms. The first kappa shape index (κ1) is 15.5. The molecule has 0 aliphatic rings. The monoisotopic (exact) mass is 388 g/mol. The van der Waals surface area contributed by atoms with Gasteiger partial charge in [0, 0.05) is 4.83 Å². The SMILES string of the molecule is O=C(Oc1ccccc1)C(Br)C(Br)CC(F)(F)F. The first-order chi connectivity index (χ1) is 8.29. The minimum absolute atomic E-state index is 0.290. The van der Waals surface area contributed by atoms with Gasteiger partial charge in [0.1, 0.15) is 10.6 Å². The third-order valence-corrected chi connectivity index (χ3v) is 4.50. The predicted octanol–water partition coefficient (Wildman–Crippen LogP) is 4.07. The maximum Gasteiger partial charge on any atom is 0.390 e. The molecule has 0 saturated carbocycles. The first-order valence-corrected chi connectivity index (χ1v) is 6.74. The molecule has 0 bridgehead atoms. The van der Waals surface area contributed by atoms with Crippen molar-refractivity contribution in [3.8, 4) is 5.75 Å². The van der Waals surface area contributed by atoms with E-state index in [1.54, 1.807) is 30.3 Å². The van der Waals surface area contributed by atoms with Gasteiger partial charge in [0.25, 0.3) is 0 Å². The second-order valence-electron chi connectivity index (χ2n) is 3.47. The van der Waals surface area contributed by atoms with Gasteiger partial charge in [-0.25, -0.2) is 0 Å². The van der Waals surface area contributed by atoms with Crippen LogP contribution < -0.4 is 4.74 Å². The summed E-state index contributed by atoms with van der Waals surface area (Å²) in [6.07, 6.45) is -5.46. The summed E-state index contributed by atoms with van der Waals surface area (Å²) in [5.74, 6) is -0.481. The Morgan fingerprint density at radius 2 is 1.78 bits per heavy atom. The number of benzene rings is 1. The van der Waals surface area contributed by atoms with E-state index in [2.05, 4.69) is 31.9 Å². The number of esters is 1. The van der Waals surface area contributed by atoms with Crippen LogP contribution in [0.3, 0.4) is 0 Å². The van der Waals surface area contributed by atoms with Crippen LogP contribution in [0.25, 0.3) is 0 Å². The zero-order valence-corrected chi connectivity index (χ0v) is 12.1. The lowest BCUT2D eigenvalue weighted by Crippen LogP contribution is -2.31. The molecule has 0 amide bonds. The smallest absolute Gasteiger partial charge is 0.390 e. The molecule has 2 nitrogen and oxygen atoms in total. The summed E-state index contributed by atoms with van der Waals surface area (Å²) in [6, 6.07) is 8.15. The molecule has 0 saturated heterocycles. The Balaban J connectivity index is 2.56. The quantitative estimate of drug-likeness (QED) is 0.440. The van der Waals surface area contributed by atoms with Gasteiger partial charge in [-0.1, -0.05) is 50.1 Å². The second-order valence-corrected chi connectivity index (χ2v) is 5.63. The number of ether oxygens (including phenoxy) is 1. The van der Waals surface area contributed by atoms with Gasteiger partial charge in [-0.2, -0.15) is 13.2 Å². The summed E-state index contributed by atoms with van der Waals surface area (Å²) >= 11 is 5.72. The van der Waals surface area contributed by atoms with Gasteiger partial charge in [-0.15, -0.1) is 0 Å². The van der Waals surface area contributed by atoms with Crippen molar-refractivity contribution in [3.05, 3.63) is 30.3 Å². The summed E-state index contributed by atoms with van der Waals surface area (Å²) in [5.41, 5.74) is 0. The highest BCUT2D eigenvalue weighted by molar-refractivity contribution is 9.12. The highest BCUT2D eigenvalue weighted by atomic mass is 79.9. The summed E-state index contributed by atoms with van der Waals surface area (Å²) in [6.45, 7) is 0. The highest BCUT2D eigenvalue weighted by Gasteiger charge is 2.36. The van der Waals surface area contributed by atoms with Crippen molar-refractivity contribution in [2.24, 2.45) is 0 Å². The highest BCUT2D eigenvalue weighted by Crippen LogP contribution is 2.30. The van der Waals surface area contributed by atoms with Gasteiger partial charge < -0.3 is 4.74 Å². The molecule has 1 aromatic carbocycles. The molecule has 2 atom stereocenters. The van der Waals surface area contributed by atoms with Crippen LogP contribution in [0.2, 0.25) is 0 Å². The van der Waals surface area contributed by atoms with Gasteiger partial charge in [0.05, 0.1) is 6.42 Å². The van der Waals surface area contributed by atoms with Crippen LogP contribution in [0, 0.1) is 0 Å². The predicted molar refractivity (Wildman–Crippen MR) is 68.2 cm³/mol. The lowest BCUT2D eigenvalue weighted by Gasteiger charge is -2.17. The molecule has 18 heavy (non-hydrogen) atoms. The van der Waals surface area contributed by atoms with Crippen molar-refractivity contribution in [2.75, 3.05) is 0 Å². The number of alkyl halides is 5. The van der Waals surface area contributed by atoms with Crippen molar-refractivity contribution >= 4 is 37.8 Å². The maximum absolute atomic E-state index is 12.2. The van der Waals surface area contributed by atoms with Gasteiger partial charge in [0.2, 0.25) is 0 Å². The van der Waals surface area contributed by atoms with Gasteiger partial charge in [-0.3, -0.25) is 4.79 Å². The molecule has 0 fully saturated rings. The van der Waals surface area contributed by atoms with Gasteiger partial charge in [0.15, 0.2) is 0 Å². The molecule has 0 N–H and O–H groups in total. The maximum atomic E-state index is 12.2. The molecule has 0 aliphatic carbocycles. The van der Waals surface area contributed by atoms with E-state index in [0.29, 0.717) is 5.75 Å². The van der Waals surface area contributed by atoms with Crippen molar-refractivity contribution in [1.29, 1.82) is 0 Å². The molecule has 0 radical (unpaired) electrons. The topological polar surface area (TPSA) is 26.3 Å². The Morgan fingerprint density at radius 3 is 2.28 bits per heavy atom. The molecule has 0 spiro atoms. The second kappa shape index (κ2) is 6.56. The zero-order chi connectivity index (χ0) is 13.8. The molecule has 1 rings (SSSR count). The number of carbonyl (C=O) groups is 1. The number of rotatable bonds is 4. The van der Waals surface area contributed by atoms with Crippen LogP contribution >= 0.6 is 31.9 Å². The molecular formula is C11H9Br2F3O2. The average molecular weight is 390 g/mol. The fourth-order valence-corrected chi connectivity index (χ4v) is 2.00. The lowest BCUT2D eigenvalue weighted by molar-refractivity contribution is -0.139. The van der Waals surface area contributed by atoms with E-state index in [4.69, 9.17) is 4.74 Å². The number of hydrogen-bond donors (Lipinski definition) is 0. The van der Waals surface area contributed by atoms with E-state index in [0.717, 1.165) is 0 Å². The molecule has 2 unspecified atom stereocenters. The van der Waals surface area contributed by atoms with E-state index in [9.17, 15) is 18.0 Å². The molecule has 0 heterocycles. The Bertz CT molecular complexity index is 395. The standard InChI is InChI=1S/C11H9Br2F3O2/c12-8(6-11(14,15)16)9(13)10(17)18-7-4-2-1-3-5-7/h1-5,8-9H,6H2. The number of hydrogen-bond acceptors (Lipinski definition) is 2. The molecule has 100 valence electrons. The summed E-state index contributed by atoms with van der Waals surface area (Å²) in [5, 5.41) is 0. The van der Waals surface area contributed by atoms with Crippen LogP contribution in [-0.4, -0.2) is 21.8 Å². The van der Waals surface area contributed by atoms with Crippen LogP contribution in [-0.2, 0) is 4.79 Å². The first-order valence-electron chi connectivity index (χ1n) is 4.91. The average Bonchev–Trinajstić information content (AvgIpc) is 2.27. The number of carbonyl (C=O) groups excluding carboxylic acids is 1. The largest absolute Gasteiger partial charge is 0.426 e. The van der Waals surface area contributed by atoms with E-state index >= 15 is 0 Å². The van der Waals surface area contributed by atoms with E-state index < -0.39 is 28.2 Å². The van der Waals surface area contributed by atoms with E-state index in [-0.39, 0.29) is 0 Å². The fraction of sp³-hybridized carbons (Fsp3) is 0.364. The zero-order valence-electron chi connectivity index (χ0n) is 8.95. The Morgan fingerprint density at radius 1 is 1.22 bits per heavy atom. The van der Waals surface area contributed by atoms with Gasteiger partial charge in [-0.05, 0) is 12.1 Å². The summed E-state index contributed by atoms with van der Waals surface area (Å²) in [7, 11) is 0. The molecule has 0 aromatic heterocycles. The Labute approximate surface area is 119 Å². The van der Waals surface area contributed by atoms with Crippen molar-refractivity contribution in [1.82, 2.24) is 0 Å². The van der Waals surface area contributed by atoms with Crippen molar-refractivity contribution in [2.45, 2.75) is 22.3 Å². The third-order valence-electron chi connectivity index (χ3n) is 1.93. The van der Waals surface area contributed by atoms with E-state index in [1.807, 2.05) is 0 Å². The van der Waals surface area contributed by atoms with E-state index in [1.165, 1.54) is 0 Å². The van der Waals surface area contributed by atoms with Crippen LogP contribution in [0.5, 0.6) is 5.75 Å². The minimum Gasteiger partial charge on any atom is -0.426 e. The number of halogens is 5. The minimum atomic E-state index is -4.34. The third kappa shape index (κ3) is 5.39. The number of para-hydroxylation sites is 1. The summed E-state index contributed by atoms with van der Waals surface area (Å²) in [4.78, 5) is 9.43. The van der Waals surface area contributed by atoms with Gasteiger partial charge >= 0.3 is 12.1 Å². The Hall–Kier alpha value is -0.560. The van der Waals surface area contributed by atoms with Crippen molar-refractivity contribution in [3.63, 3.8) is 0 Å².